The summed E-state index contributed by atoms with van der Waals surface area (Å²) in [4.78, 5) is 2.65. The van der Waals surface area contributed by atoms with Gasteiger partial charge in [0.25, 0.3) is 4.84 Å². The number of aryl methyl sites for hydroxylation is 1. The summed E-state index contributed by atoms with van der Waals surface area (Å²) in [6.07, 6.45) is 3.10. The second-order valence-electron chi connectivity index (χ2n) is 6.75. The third-order valence-corrected chi connectivity index (χ3v) is 6.36. The largest absolute Gasteiger partial charge is 0.409 e. The van der Waals surface area contributed by atoms with Gasteiger partial charge in [-0.2, -0.15) is 0 Å². The molecule has 0 aliphatic carbocycles. The number of hydrogen-bond acceptors (Lipinski definition) is 6. The highest BCUT2D eigenvalue weighted by molar-refractivity contribution is 7.90. The highest BCUT2D eigenvalue weighted by Crippen LogP contribution is 2.30. The summed E-state index contributed by atoms with van der Waals surface area (Å²) in [7, 11) is -3.28. The van der Waals surface area contributed by atoms with E-state index in [0.29, 0.717) is 22.5 Å². The van der Waals surface area contributed by atoms with E-state index in [1.807, 2.05) is 18.2 Å². The number of fused-ring (bicyclic) bond motifs is 1. The SMILES string of the molecule is CS(=O)(=O)c1ccc2c(c1)N(Cn1nc(-c3ccc(Cl)cc3)oc1=S)CCC2. The topological polar surface area (TPSA) is 68.3 Å². The van der Waals surface area contributed by atoms with Gasteiger partial charge < -0.3 is 9.32 Å². The van der Waals surface area contributed by atoms with Crippen molar-refractivity contribution in [3.05, 3.63) is 57.9 Å². The Balaban J connectivity index is 1.66. The van der Waals surface area contributed by atoms with Crippen molar-refractivity contribution in [2.45, 2.75) is 24.4 Å². The summed E-state index contributed by atoms with van der Waals surface area (Å²) >= 11 is 11.3. The van der Waals surface area contributed by atoms with Gasteiger partial charge in [-0.3, -0.25) is 0 Å². The lowest BCUT2D eigenvalue weighted by molar-refractivity contribution is 0.494. The molecular weight excluding hydrogens is 418 g/mol. The van der Waals surface area contributed by atoms with Crippen LogP contribution in [-0.4, -0.2) is 31.0 Å². The van der Waals surface area contributed by atoms with Crippen LogP contribution < -0.4 is 4.90 Å². The fraction of sp³-hybridized carbons (Fsp3) is 0.263. The Morgan fingerprint density at radius 1 is 1.21 bits per heavy atom. The first-order valence-electron chi connectivity index (χ1n) is 8.73. The van der Waals surface area contributed by atoms with Gasteiger partial charge in [0, 0.05) is 29.1 Å². The second-order valence-corrected chi connectivity index (χ2v) is 9.55. The minimum Gasteiger partial charge on any atom is -0.409 e. The van der Waals surface area contributed by atoms with E-state index in [4.69, 9.17) is 28.2 Å². The van der Waals surface area contributed by atoms with Gasteiger partial charge in [0.15, 0.2) is 9.84 Å². The zero-order valence-electron chi connectivity index (χ0n) is 15.1. The molecule has 6 nitrogen and oxygen atoms in total. The molecule has 1 aliphatic rings. The van der Waals surface area contributed by atoms with E-state index < -0.39 is 9.84 Å². The Hall–Kier alpha value is -2.16. The monoisotopic (exact) mass is 435 g/mol. The van der Waals surface area contributed by atoms with E-state index in [1.54, 1.807) is 28.9 Å². The molecule has 0 N–H and O–H groups in total. The molecule has 0 amide bonds. The van der Waals surface area contributed by atoms with Gasteiger partial charge >= 0.3 is 0 Å². The van der Waals surface area contributed by atoms with Crippen LogP contribution in [0, 0.1) is 4.84 Å². The minimum absolute atomic E-state index is 0.261. The van der Waals surface area contributed by atoms with Gasteiger partial charge in [-0.05, 0) is 67.0 Å². The summed E-state index contributed by atoms with van der Waals surface area (Å²) in [5.41, 5.74) is 2.80. The molecule has 0 saturated heterocycles. The molecule has 1 aromatic heterocycles. The molecule has 0 atom stereocenters. The van der Waals surface area contributed by atoms with Crippen molar-refractivity contribution in [2.24, 2.45) is 0 Å². The zero-order valence-corrected chi connectivity index (χ0v) is 17.5. The van der Waals surface area contributed by atoms with Crippen molar-refractivity contribution in [2.75, 3.05) is 17.7 Å². The molecule has 0 fully saturated rings. The van der Waals surface area contributed by atoms with Crippen LogP contribution in [0.4, 0.5) is 5.69 Å². The normalized spacial score (nSPS) is 14.1. The fourth-order valence-corrected chi connectivity index (χ4v) is 4.22. The number of nitrogens with zero attached hydrogens (tertiary/aromatic N) is 3. The molecule has 0 unspecified atom stereocenters. The molecule has 4 rings (SSSR count). The van der Waals surface area contributed by atoms with E-state index in [0.717, 1.165) is 36.2 Å². The summed E-state index contributed by atoms with van der Waals surface area (Å²) in [5, 5.41) is 5.12. The highest BCUT2D eigenvalue weighted by Gasteiger charge is 2.21. The molecular formula is C19H18ClN3O3S2. The van der Waals surface area contributed by atoms with Gasteiger partial charge in [-0.15, -0.1) is 5.10 Å². The van der Waals surface area contributed by atoms with Crippen LogP contribution in [0.3, 0.4) is 0 Å². The molecule has 3 aromatic rings. The van der Waals surface area contributed by atoms with E-state index in [-0.39, 0.29) is 4.84 Å². The zero-order chi connectivity index (χ0) is 19.9. The number of halogens is 1. The first kappa shape index (κ1) is 19.2. The van der Waals surface area contributed by atoms with E-state index in [1.165, 1.54) is 6.26 Å². The average molecular weight is 436 g/mol. The van der Waals surface area contributed by atoms with Crippen molar-refractivity contribution in [3.63, 3.8) is 0 Å². The molecule has 9 heteroatoms. The van der Waals surface area contributed by atoms with Gasteiger partial charge in [0.05, 0.1) is 4.90 Å². The van der Waals surface area contributed by atoms with E-state index >= 15 is 0 Å². The number of benzene rings is 2. The Morgan fingerprint density at radius 3 is 2.68 bits per heavy atom. The number of hydrogen-bond donors (Lipinski definition) is 0. The maximum absolute atomic E-state index is 11.9. The predicted molar refractivity (Wildman–Crippen MR) is 111 cm³/mol. The van der Waals surface area contributed by atoms with Crippen molar-refractivity contribution in [1.82, 2.24) is 9.78 Å². The molecule has 146 valence electrons. The highest BCUT2D eigenvalue weighted by atomic mass is 35.5. The van der Waals surface area contributed by atoms with Crippen molar-refractivity contribution < 1.29 is 12.8 Å². The number of rotatable bonds is 4. The van der Waals surface area contributed by atoms with Gasteiger partial charge in [-0.1, -0.05) is 17.7 Å². The first-order chi connectivity index (χ1) is 13.3. The van der Waals surface area contributed by atoms with Crippen LogP contribution in [0.1, 0.15) is 12.0 Å². The summed E-state index contributed by atoms with van der Waals surface area (Å²) in [5.74, 6) is 0.420. The Morgan fingerprint density at radius 2 is 1.96 bits per heavy atom. The third kappa shape index (κ3) is 3.85. The second kappa shape index (κ2) is 7.35. The maximum Gasteiger partial charge on any atom is 0.289 e. The quantitative estimate of drug-likeness (QED) is 0.568. The lowest BCUT2D eigenvalue weighted by Crippen LogP contribution is -2.32. The van der Waals surface area contributed by atoms with Crippen LogP contribution in [0.2, 0.25) is 5.02 Å². The van der Waals surface area contributed by atoms with Crippen LogP contribution in [0.5, 0.6) is 0 Å². The standard InChI is InChI=1S/C19H18ClN3O3S2/c1-28(24,25)16-9-6-13-3-2-10-22(17(13)11-16)12-23-19(27)26-18(21-23)14-4-7-15(20)8-5-14/h4-9,11H,2-3,10,12H2,1H3. The number of anilines is 1. The van der Waals surface area contributed by atoms with Crippen molar-refractivity contribution >= 4 is 39.3 Å². The molecule has 2 aromatic carbocycles. The number of sulfone groups is 1. The molecule has 0 saturated carbocycles. The predicted octanol–water partition coefficient (Wildman–Crippen LogP) is 4.34. The van der Waals surface area contributed by atoms with Crippen LogP contribution >= 0.6 is 23.8 Å². The first-order valence-corrected chi connectivity index (χ1v) is 11.4. The molecule has 0 spiro atoms. The lowest BCUT2D eigenvalue weighted by Gasteiger charge is -2.31. The van der Waals surface area contributed by atoms with E-state index in [9.17, 15) is 8.42 Å². The van der Waals surface area contributed by atoms with Gasteiger partial charge in [-0.25, -0.2) is 13.1 Å². The minimum atomic E-state index is -3.28. The Labute approximate surface area is 173 Å². The Kier molecular flexibility index (Phi) is 5.03. The lowest BCUT2D eigenvalue weighted by atomic mass is 10.0. The van der Waals surface area contributed by atoms with Crippen LogP contribution in [0.25, 0.3) is 11.5 Å². The summed E-state index contributed by atoms with van der Waals surface area (Å²) < 4.78 is 31.2. The third-order valence-electron chi connectivity index (χ3n) is 4.70. The van der Waals surface area contributed by atoms with Crippen LogP contribution in [-0.2, 0) is 22.9 Å². The Bertz CT molecular complexity index is 1180. The smallest absolute Gasteiger partial charge is 0.289 e. The van der Waals surface area contributed by atoms with Gasteiger partial charge in [0.1, 0.15) is 6.67 Å². The number of aromatic nitrogens is 2. The molecule has 2 heterocycles. The summed E-state index contributed by atoms with van der Waals surface area (Å²) in [6.45, 7) is 1.17. The van der Waals surface area contributed by atoms with Crippen molar-refractivity contribution in [1.29, 1.82) is 0 Å². The van der Waals surface area contributed by atoms with Crippen molar-refractivity contribution in [3.8, 4) is 11.5 Å². The van der Waals surface area contributed by atoms with Gasteiger partial charge in [0.2, 0.25) is 5.89 Å². The average Bonchev–Trinajstić information content (AvgIpc) is 3.02. The summed E-state index contributed by atoms with van der Waals surface area (Å²) in [6, 6.07) is 12.5. The molecule has 28 heavy (non-hydrogen) atoms. The van der Waals surface area contributed by atoms with E-state index in [2.05, 4.69) is 10.00 Å². The maximum atomic E-state index is 11.9. The molecule has 0 radical (unpaired) electrons. The fourth-order valence-electron chi connectivity index (χ4n) is 3.27. The van der Waals surface area contributed by atoms with Crippen LogP contribution in [0.15, 0.2) is 51.8 Å². The molecule has 0 bridgehead atoms. The molecule has 1 aliphatic heterocycles.